The van der Waals surface area contributed by atoms with Crippen LogP contribution in [0.15, 0.2) is 42.6 Å². The average molecular weight is 510 g/mol. The molecular weight excluding hydrogens is 495 g/mol. The van der Waals surface area contributed by atoms with Gasteiger partial charge in [0, 0.05) is 11.6 Å². The van der Waals surface area contributed by atoms with E-state index >= 15 is 0 Å². The first-order chi connectivity index (χ1) is 16.0. The van der Waals surface area contributed by atoms with Crippen LogP contribution in [-0.4, -0.2) is 26.6 Å². The van der Waals surface area contributed by atoms with Crippen LogP contribution in [0.1, 0.15) is 31.4 Å². The van der Waals surface area contributed by atoms with E-state index in [0.29, 0.717) is 22.1 Å². The Kier molecular flexibility index (Phi) is 6.19. The fraction of sp³-hybridized carbons (Fsp3) is 0.143. The third-order valence-electron chi connectivity index (χ3n) is 4.67. The summed E-state index contributed by atoms with van der Waals surface area (Å²) < 4.78 is 46.3. The third kappa shape index (κ3) is 4.68. The Morgan fingerprint density at radius 2 is 2.00 bits per heavy atom. The summed E-state index contributed by atoms with van der Waals surface area (Å²) in [6.07, 6.45) is -3.17. The van der Waals surface area contributed by atoms with Crippen molar-refractivity contribution in [2.75, 3.05) is 5.32 Å². The van der Waals surface area contributed by atoms with Gasteiger partial charge < -0.3 is 15.8 Å². The smallest absolute Gasteiger partial charge is 0.433 e. The minimum atomic E-state index is -4.67. The number of nitrogens with one attached hydrogen (secondary N) is 1. The number of hydrogen-bond donors (Lipinski definition) is 2. The molecule has 0 unspecified atom stereocenters. The van der Waals surface area contributed by atoms with Crippen molar-refractivity contribution in [1.82, 2.24) is 14.8 Å². The number of pyridine rings is 1. The number of amides is 2. The molecule has 1 aromatic carbocycles. The van der Waals surface area contributed by atoms with Crippen LogP contribution < -0.4 is 15.8 Å². The van der Waals surface area contributed by atoms with Crippen LogP contribution in [0.5, 0.6) is 5.75 Å². The van der Waals surface area contributed by atoms with Crippen molar-refractivity contribution in [1.29, 1.82) is 0 Å². The molecule has 176 valence electrons. The number of primary amides is 1. The molecule has 3 N–H and O–H groups in total. The Labute approximate surface area is 199 Å². The van der Waals surface area contributed by atoms with Crippen LogP contribution in [0.3, 0.4) is 0 Å². The highest BCUT2D eigenvalue weighted by molar-refractivity contribution is 7.21. The quantitative estimate of drug-likeness (QED) is 0.385. The number of carbonyl (C=O) groups excluding carboxylic acids is 2. The molecule has 0 bridgehead atoms. The zero-order chi connectivity index (χ0) is 24.6. The predicted octanol–water partition coefficient (Wildman–Crippen LogP) is 4.86. The number of carbonyl (C=O) groups is 2. The van der Waals surface area contributed by atoms with Gasteiger partial charge in [-0.15, -0.1) is 11.3 Å². The van der Waals surface area contributed by atoms with Gasteiger partial charge in [0.25, 0.3) is 11.8 Å². The highest BCUT2D eigenvalue weighted by atomic mass is 35.5. The summed E-state index contributed by atoms with van der Waals surface area (Å²) in [4.78, 5) is 28.2. The van der Waals surface area contributed by atoms with Crippen LogP contribution in [0, 0.1) is 6.92 Å². The van der Waals surface area contributed by atoms with E-state index in [-0.39, 0.29) is 38.8 Å². The fourth-order valence-electron chi connectivity index (χ4n) is 3.15. The molecule has 3 aromatic heterocycles. The molecule has 0 aliphatic rings. The number of thiophene rings is 1. The summed E-state index contributed by atoms with van der Waals surface area (Å²) in [6.45, 7) is 1.39. The van der Waals surface area contributed by atoms with Crippen LogP contribution in [-0.2, 0) is 12.9 Å². The molecular formula is C21H15ClF3N5O3S. The number of nitrogens with zero attached hydrogens (tertiary/aromatic N) is 3. The van der Waals surface area contributed by atoms with E-state index in [9.17, 15) is 22.8 Å². The summed E-state index contributed by atoms with van der Waals surface area (Å²) in [5.74, 6) is -1.18. The largest absolute Gasteiger partial charge is 0.470 e. The number of para-hydroxylation sites is 1. The maximum Gasteiger partial charge on any atom is 0.433 e. The van der Waals surface area contributed by atoms with Gasteiger partial charge >= 0.3 is 6.18 Å². The number of ether oxygens (including phenoxy) is 1. The number of alkyl halides is 3. The fourth-order valence-corrected chi connectivity index (χ4v) is 4.40. The zero-order valence-electron chi connectivity index (χ0n) is 17.3. The number of aryl methyl sites for hydroxylation is 1. The number of benzene rings is 1. The standard InChI is InChI=1S/C21H15ClF3N5O3S/c1-10-8-14(21(23,24)25)27-20-15(10)16(17(34-20)18(26)31)28-19(32)12-6-7-30(29-12)9-33-13-5-3-2-4-11(13)22/h2-8H,9H2,1H3,(H2,26,31)(H,28,32). The molecule has 4 aromatic rings. The number of hydrogen-bond acceptors (Lipinski definition) is 6. The summed E-state index contributed by atoms with van der Waals surface area (Å²) >= 11 is 6.71. The van der Waals surface area contributed by atoms with E-state index in [4.69, 9.17) is 22.1 Å². The monoisotopic (exact) mass is 509 g/mol. The molecule has 2 amide bonds. The van der Waals surface area contributed by atoms with Gasteiger partial charge in [-0.3, -0.25) is 9.59 Å². The second-order valence-electron chi connectivity index (χ2n) is 7.07. The minimum absolute atomic E-state index is 0.0157. The lowest BCUT2D eigenvalue weighted by Gasteiger charge is -2.09. The summed E-state index contributed by atoms with van der Waals surface area (Å²) in [7, 11) is 0. The van der Waals surface area contributed by atoms with Crippen LogP contribution in [0.2, 0.25) is 5.02 Å². The lowest BCUT2D eigenvalue weighted by Crippen LogP contribution is -2.18. The average Bonchev–Trinajstić information content (AvgIpc) is 3.38. The molecule has 4 rings (SSSR count). The second-order valence-corrected chi connectivity index (χ2v) is 8.48. The lowest BCUT2D eigenvalue weighted by atomic mass is 10.1. The summed E-state index contributed by atoms with van der Waals surface area (Å²) in [5.41, 5.74) is 4.44. The molecule has 0 saturated heterocycles. The van der Waals surface area contributed by atoms with E-state index in [0.717, 1.165) is 6.07 Å². The number of aromatic nitrogens is 3. The van der Waals surface area contributed by atoms with Crippen molar-refractivity contribution >= 4 is 50.7 Å². The number of fused-ring (bicyclic) bond motifs is 1. The Morgan fingerprint density at radius 3 is 2.68 bits per heavy atom. The van der Waals surface area contributed by atoms with E-state index < -0.39 is 23.7 Å². The van der Waals surface area contributed by atoms with Gasteiger partial charge in [-0.2, -0.15) is 18.3 Å². The van der Waals surface area contributed by atoms with Gasteiger partial charge in [0.05, 0.1) is 10.7 Å². The highest BCUT2D eigenvalue weighted by Gasteiger charge is 2.34. The first kappa shape index (κ1) is 23.5. The highest BCUT2D eigenvalue weighted by Crippen LogP contribution is 2.39. The maximum absolute atomic E-state index is 13.1. The minimum Gasteiger partial charge on any atom is -0.470 e. The molecule has 0 saturated carbocycles. The van der Waals surface area contributed by atoms with Gasteiger partial charge in [-0.1, -0.05) is 23.7 Å². The molecule has 0 spiro atoms. The summed E-state index contributed by atoms with van der Waals surface area (Å²) in [5, 5.41) is 7.26. The lowest BCUT2D eigenvalue weighted by molar-refractivity contribution is -0.141. The zero-order valence-corrected chi connectivity index (χ0v) is 18.9. The third-order valence-corrected chi connectivity index (χ3v) is 6.08. The number of halogens is 4. The van der Waals surface area contributed by atoms with E-state index in [1.54, 1.807) is 24.3 Å². The Morgan fingerprint density at radius 1 is 1.26 bits per heavy atom. The molecule has 13 heteroatoms. The number of nitrogens with two attached hydrogens (primary N) is 1. The van der Waals surface area contributed by atoms with Gasteiger partial charge in [-0.05, 0) is 36.8 Å². The summed E-state index contributed by atoms with van der Waals surface area (Å²) in [6, 6.07) is 9.09. The topological polar surface area (TPSA) is 112 Å². The molecule has 0 aliphatic carbocycles. The Hall–Kier alpha value is -3.64. The van der Waals surface area contributed by atoms with E-state index in [1.807, 2.05) is 0 Å². The Balaban J connectivity index is 1.60. The molecule has 0 fully saturated rings. The molecule has 3 heterocycles. The number of rotatable bonds is 6. The first-order valence-corrected chi connectivity index (χ1v) is 10.8. The van der Waals surface area contributed by atoms with E-state index in [2.05, 4.69) is 15.4 Å². The van der Waals surface area contributed by atoms with Crippen molar-refractivity contribution in [3.63, 3.8) is 0 Å². The van der Waals surface area contributed by atoms with Crippen LogP contribution in [0.4, 0.5) is 18.9 Å². The Bertz CT molecular complexity index is 1420. The SMILES string of the molecule is Cc1cc(C(F)(F)F)nc2sc(C(N)=O)c(NC(=O)c3ccn(COc4ccccc4Cl)n3)c12. The van der Waals surface area contributed by atoms with Gasteiger partial charge in [0.1, 0.15) is 21.2 Å². The first-order valence-electron chi connectivity index (χ1n) is 9.58. The molecule has 0 radical (unpaired) electrons. The normalized spacial score (nSPS) is 11.6. The van der Waals surface area contributed by atoms with Crippen LogP contribution >= 0.6 is 22.9 Å². The molecule has 8 nitrogen and oxygen atoms in total. The second kappa shape index (κ2) is 8.95. The van der Waals surface area contributed by atoms with Crippen molar-refractivity contribution in [2.24, 2.45) is 5.73 Å². The van der Waals surface area contributed by atoms with Crippen molar-refractivity contribution < 1.29 is 27.5 Å². The predicted molar refractivity (Wildman–Crippen MR) is 120 cm³/mol. The van der Waals surface area contributed by atoms with E-state index in [1.165, 1.54) is 23.9 Å². The van der Waals surface area contributed by atoms with Crippen molar-refractivity contribution in [2.45, 2.75) is 19.8 Å². The molecule has 0 aliphatic heterocycles. The van der Waals surface area contributed by atoms with Crippen molar-refractivity contribution in [3.8, 4) is 5.75 Å². The molecule has 0 atom stereocenters. The molecule has 34 heavy (non-hydrogen) atoms. The van der Waals surface area contributed by atoms with Gasteiger partial charge in [0.15, 0.2) is 12.4 Å². The maximum atomic E-state index is 13.1. The number of anilines is 1. The van der Waals surface area contributed by atoms with Crippen LogP contribution in [0.25, 0.3) is 10.2 Å². The van der Waals surface area contributed by atoms with Gasteiger partial charge in [-0.25, -0.2) is 9.67 Å². The van der Waals surface area contributed by atoms with Crippen molar-refractivity contribution in [3.05, 3.63) is 69.4 Å². The van der Waals surface area contributed by atoms with Gasteiger partial charge in [0.2, 0.25) is 0 Å².